The van der Waals surface area contributed by atoms with E-state index in [-0.39, 0.29) is 0 Å². The zero-order chi connectivity index (χ0) is 30.7. The lowest BCUT2D eigenvalue weighted by atomic mass is 9.91. The second-order valence-corrected chi connectivity index (χ2v) is 9.78. The molecule has 224 valence electrons. The Morgan fingerprint density at radius 1 is 0.950 bits per heavy atom. The topological polar surface area (TPSA) is 128 Å². The first-order chi connectivity index (χ1) is 18.4. The van der Waals surface area contributed by atoms with Crippen molar-refractivity contribution in [2.45, 2.75) is 63.6 Å². The lowest BCUT2D eigenvalue weighted by Gasteiger charge is -2.30. The molecule has 9 nitrogen and oxygen atoms in total. The monoisotopic (exact) mass is 645 g/mol. The van der Waals surface area contributed by atoms with Gasteiger partial charge in [-0.05, 0) is 50.3 Å². The number of nitrogens with one attached hydrogen (secondary N) is 2. The molecule has 0 atom stereocenters. The van der Waals surface area contributed by atoms with Crippen LogP contribution in [0.25, 0.3) is 0 Å². The van der Waals surface area contributed by atoms with E-state index in [2.05, 4.69) is 60.8 Å². The summed E-state index contributed by atoms with van der Waals surface area (Å²) in [7, 11) is 4.02. The number of aromatic nitrogens is 2. The molecule has 1 aromatic carbocycles. The third kappa shape index (κ3) is 13.8. The highest BCUT2D eigenvalue weighted by Gasteiger charge is 2.38. The van der Waals surface area contributed by atoms with Crippen molar-refractivity contribution in [1.29, 1.82) is 0 Å². The maximum absolute atomic E-state index is 10.6. The van der Waals surface area contributed by atoms with Crippen LogP contribution in [0.15, 0.2) is 34.8 Å². The summed E-state index contributed by atoms with van der Waals surface area (Å²) in [6.45, 7) is 2.88. The third-order valence-corrected chi connectivity index (χ3v) is 5.82. The molecule has 0 radical (unpaired) electrons. The maximum Gasteiger partial charge on any atom is 0.490 e. The zero-order valence-corrected chi connectivity index (χ0v) is 23.4. The average Bonchev–Trinajstić information content (AvgIpc) is 2.83. The number of rotatable bonds is 6. The third-order valence-electron chi connectivity index (χ3n) is 5.33. The first-order valence-corrected chi connectivity index (χ1v) is 12.5. The molecule has 2 aromatic rings. The molecule has 40 heavy (non-hydrogen) atoms. The van der Waals surface area contributed by atoms with Gasteiger partial charge in [0.2, 0.25) is 0 Å². The first kappa shape index (κ1) is 34.9. The standard InChI is InChI=1S/C20H28BrN5.2C2HF3O2/c1-14-23-19(12-20(24-14)26(2)3)25-18-9-7-17(8-10-18)22-13-15-5-4-6-16(21)11-15;2*3-2(4,5)1(6)7/h4-6,11-12,17-18,22H,7-10,13H2,1-3H3,(H,23,24,25);2*(H,6,7). The van der Waals surface area contributed by atoms with Crippen molar-refractivity contribution in [3.8, 4) is 0 Å². The van der Waals surface area contributed by atoms with E-state index in [1.165, 1.54) is 18.4 Å². The van der Waals surface area contributed by atoms with E-state index in [9.17, 15) is 26.3 Å². The fourth-order valence-corrected chi connectivity index (χ4v) is 3.86. The van der Waals surface area contributed by atoms with Crippen LogP contribution >= 0.6 is 15.9 Å². The molecule has 0 bridgehead atoms. The van der Waals surface area contributed by atoms with Gasteiger partial charge in [-0.15, -0.1) is 0 Å². The van der Waals surface area contributed by atoms with Crippen LogP contribution in [0.2, 0.25) is 0 Å². The maximum atomic E-state index is 10.6. The lowest BCUT2D eigenvalue weighted by molar-refractivity contribution is -0.193. The Labute approximate surface area is 235 Å². The second-order valence-electron chi connectivity index (χ2n) is 8.86. The molecule has 1 aromatic heterocycles. The van der Waals surface area contributed by atoms with Gasteiger partial charge in [-0.25, -0.2) is 19.6 Å². The fourth-order valence-electron chi connectivity index (χ4n) is 3.42. The van der Waals surface area contributed by atoms with Gasteiger partial charge >= 0.3 is 24.3 Å². The number of carboxylic acids is 2. The number of aliphatic carboxylic acids is 2. The molecule has 1 heterocycles. The first-order valence-electron chi connectivity index (χ1n) is 11.8. The summed E-state index contributed by atoms with van der Waals surface area (Å²) in [4.78, 5) is 28.8. The van der Waals surface area contributed by atoms with E-state index >= 15 is 0 Å². The molecular formula is C24H30BrF6N5O4. The van der Waals surface area contributed by atoms with E-state index in [1.54, 1.807) is 0 Å². The highest BCUT2D eigenvalue weighted by molar-refractivity contribution is 9.10. The van der Waals surface area contributed by atoms with Gasteiger partial charge < -0.3 is 25.7 Å². The number of aryl methyl sites for hydroxylation is 1. The number of hydrogen-bond acceptors (Lipinski definition) is 7. The zero-order valence-electron chi connectivity index (χ0n) is 21.8. The van der Waals surface area contributed by atoms with E-state index < -0.39 is 24.3 Å². The molecule has 1 saturated carbocycles. The van der Waals surface area contributed by atoms with Crippen LogP contribution < -0.4 is 15.5 Å². The Morgan fingerprint density at radius 3 is 1.90 bits per heavy atom. The van der Waals surface area contributed by atoms with Crippen molar-refractivity contribution >= 4 is 39.5 Å². The second kappa shape index (κ2) is 15.6. The summed E-state index contributed by atoms with van der Waals surface area (Å²) in [5.41, 5.74) is 1.33. The van der Waals surface area contributed by atoms with E-state index in [1.807, 2.05) is 32.0 Å². The quantitative estimate of drug-likeness (QED) is 0.306. The average molecular weight is 646 g/mol. The Kier molecular flexibility index (Phi) is 13.6. The van der Waals surface area contributed by atoms with Crippen molar-refractivity contribution in [2.75, 3.05) is 24.3 Å². The lowest BCUT2D eigenvalue weighted by Crippen LogP contribution is -2.36. The minimum absolute atomic E-state index is 0.489. The van der Waals surface area contributed by atoms with Crippen molar-refractivity contribution in [1.82, 2.24) is 15.3 Å². The molecule has 3 rings (SSSR count). The number of benzene rings is 1. The Bertz CT molecular complexity index is 1090. The fraction of sp³-hybridized carbons (Fsp3) is 0.500. The van der Waals surface area contributed by atoms with Crippen LogP contribution in [0, 0.1) is 6.92 Å². The van der Waals surface area contributed by atoms with E-state index in [0.29, 0.717) is 12.1 Å². The van der Waals surface area contributed by atoms with Gasteiger partial charge in [0, 0.05) is 43.3 Å². The summed E-state index contributed by atoms with van der Waals surface area (Å²) in [5, 5.41) is 21.6. The summed E-state index contributed by atoms with van der Waals surface area (Å²) < 4.78 is 64.6. The smallest absolute Gasteiger partial charge is 0.475 e. The number of halogens is 7. The number of hydrogen-bond donors (Lipinski definition) is 4. The molecule has 0 saturated heterocycles. The summed E-state index contributed by atoms with van der Waals surface area (Å²) in [6.07, 6.45) is -5.46. The molecule has 0 aliphatic heterocycles. The molecule has 0 amide bonds. The van der Waals surface area contributed by atoms with Crippen LogP contribution in [0.1, 0.15) is 37.1 Å². The molecule has 16 heteroatoms. The van der Waals surface area contributed by atoms with Crippen LogP contribution in [-0.2, 0) is 16.1 Å². The van der Waals surface area contributed by atoms with Crippen LogP contribution in [-0.4, -0.2) is 70.7 Å². The van der Waals surface area contributed by atoms with Crippen LogP contribution in [0.5, 0.6) is 0 Å². The predicted octanol–water partition coefficient (Wildman–Crippen LogP) is 5.39. The van der Waals surface area contributed by atoms with E-state index in [0.717, 1.165) is 41.3 Å². The van der Waals surface area contributed by atoms with Crippen molar-refractivity contribution in [3.63, 3.8) is 0 Å². The highest BCUT2D eigenvalue weighted by Crippen LogP contribution is 2.23. The molecule has 1 fully saturated rings. The predicted molar refractivity (Wildman–Crippen MR) is 139 cm³/mol. The number of carboxylic acid groups (broad SMARTS) is 2. The summed E-state index contributed by atoms with van der Waals surface area (Å²) in [5.74, 6) is -2.82. The van der Waals surface area contributed by atoms with E-state index in [4.69, 9.17) is 19.8 Å². The van der Waals surface area contributed by atoms with Crippen LogP contribution in [0.3, 0.4) is 0 Å². The minimum atomic E-state index is -5.08. The number of nitrogens with zero attached hydrogens (tertiary/aromatic N) is 3. The van der Waals surface area contributed by atoms with Gasteiger partial charge in [-0.2, -0.15) is 26.3 Å². The normalized spacial score (nSPS) is 16.9. The van der Waals surface area contributed by atoms with Gasteiger partial charge in [-0.1, -0.05) is 28.1 Å². The van der Waals surface area contributed by atoms with Gasteiger partial charge in [0.15, 0.2) is 0 Å². The molecule has 1 aliphatic rings. The SMILES string of the molecule is Cc1nc(NC2CCC(NCc3cccc(Br)c3)CC2)cc(N(C)C)n1.O=C(O)C(F)(F)F.O=C(O)C(F)(F)F. The summed E-state index contributed by atoms with van der Waals surface area (Å²) >= 11 is 3.54. The van der Waals surface area contributed by atoms with Crippen LogP contribution in [0.4, 0.5) is 38.0 Å². The van der Waals surface area contributed by atoms with Gasteiger partial charge in [0.1, 0.15) is 17.5 Å². The number of alkyl halides is 6. The molecule has 0 spiro atoms. The minimum Gasteiger partial charge on any atom is -0.475 e. The van der Waals surface area contributed by atoms with Gasteiger partial charge in [0.25, 0.3) is 0 Å². The Hall–Kier alpha value is -3.14. The highest BCUT2D eigenvalue weighted by atomic mass is 79.9. The number of carbonyl (C=O) groups is 2. The van der Waals surface area contributed by atoms with Crippen molar-refractivity contribution in [2.24, 2.45) is 0 Å². The Morgan fingerprint density at radius 2 is 1.45 bits per heavy atom. The molecular weight excluding hydrogens is 616 g/mol. The number of anilines is 2. The van der Waals surface area contributed by atoms with Crippen molar-refractivity contribution in [3.05, 3.63) is 46.2 Å². The molecule has 0 unspecified atom stereocenters. The van der Waals surface area contributed by atoms with Crippen molar-refractivity contribution < 1.29 is 46.1 Å². The summed E-state index contributed by atoms with van der Waals surface area (Å²) in [6, 6.07) is 11.6. The molecule has 4 N–H and O–H groups in total. The molecule has 1 aliphatic carbocycles. The van der Waals surface area contributed by atoms with Gasteiger partial charge in [-0.3, -0.25) is 0 Å². The largest absolute Gasteiger partial charge is 0.490 e. The Balaban J connectivity index is 0.000000473. The van der Waals surface area contributed by atoms with Gasteiger partial charge in [0.05, 0.1) is 0 Å².